The first-order chi connectivity index (χ1) is 12.8. The van der Waals surface area contributed by atoms with Crippen LogP contribution in [0, 0.1) is 0 Å². The molecule has 0 radical (unpaired) electrons. The van der Waals surface area contributed by atoms with E-state index in [2.05, 4.69) is 10.3 Å². The van der Waals surface area contributed by atoms with Crippen LogP contribution in [0.3, 0.4) is 0 Å². The van der Waals surface area contributed by atoms with Gasteiger partial charge in [-0.2, -0.15) is 0 Å². The van der Waals surface area contributed by atoms with E-state index >= 15 is 0 Å². The van der Waals surface area contributed by atoms with Crippen molar-refractivity contribution >= 4 is 11.6 Å². The van der Waals surface area contributed by atoms with Gasteiger partial charge in [0, 0.05) is 41.6 Å². The van der Waals surface area contributed by atoms with Gasteiger partial charge in [-0.15, -0.1) is 0 Å². The lowest BCUT2D eigenvalue weighted by Crippen LogP contribution is -3.00. The van der Waals surface area contributed by atoms with Gasteiger partial charge >= 0.3 is 0 Å². The summed E-state index contributed by atoms with van der Waals surface area (Å²) >= 11 is 6.23. The SMILES string of the molecule is COc1cccc(CNCc2ccncc2)c1OCc1ccccc1Cl.[Cl-]. The van der Waals surface area contributed by atoms with Crippen molar-refractivity contribution in [2.24, 2.45) is 0 Å². The molecule has 0 amide bonds. The molecular formula is C21H21Cl2N2O2-. The van der Waals surface area contributed by atoms with E-state index in [9.17, 15) is 0 Å². The first-order valence-corrected chi connectivity index (χ1v) is 8.77. The summed E-state index contributed by atoms with van der Waals surface area (Å²) in [5.74, 6) is 1.44. The molecule has 3 aromatic rings. The van der Waals surface area contributed by atoms with Crippen LogP contribution in [0.2, 0.25) is 5.02 Å². The van der Waals surface area contributed by atoms with E-state index in [0.717, 1.165) is 23.4 Å². The summed E-state index contributed by atoms with van der Waals surface area (Å²) in [6.07, 6.45) is 3.58. The minimum absolute atomic E-state index is 0. The van der Waals surface area contributed by atoms with Crippen molar-refractivity contribution in [3.63, 3.8) is 0 Å². The molecular weight excluding hydrogens is 383 g/mol. The Bertz CT molecular complexity index is 845. The Morgan fingerprint density at radius 2 is 1.67 bits per heavy atom. The number of aromatic nitrogens is 1. The van der Waals surface area contributed by atoms with Gasteiger partial charge in [-0.3, -0.25) is 4.98 Å². The van der Waals surface area contributed by atoms with E-state index in [1.807, 2.05) is 54.6 Å². The smallest absolute Gasteiger partial charge is 0.166 e. The Morgan fingerprint density at radius 1 is 0.926 bits per heavy atom. The molecule has 4 nitrogen and oxygen atoms in total. The number of methoxy groups -OCH3 is 1. The molecule has 1 aromatic heterocycles. The highest BCUT2D eigenvalue weighted by atomic mass is 35.5. The Labute approximate surface area is 170 Å². The van der Waals surface area contributed by atoms with Crippen molar-refractivity contribution in [3.05, 3.63) is 88.7 Å². The van der Waals surface area contributed by atoms with Crippen molar-refractivity contribution in [1.82, 2.24) is 10.3 Å². The third kappa shape index (κ3) is 5.86. The first kappa shape index (κ1) is 21.0. The highest BCUT2D eigenvalue weighted by Crippen LogP contribution is 2.32. The van der Waals surface area contributed by atoms with Crippen LogP contribution in [0.15, 0.2) is 67.0 Å². The van der Waals surface area contributed by atoms with E-state index in [-0.39, 0.29) is 12.4 Å². The Kier molecular flexibility index (Phi) is 8.40. The third-order valence-corrected chi connectivity index (χ3v) is 4.37. The first-order valence-electron chi connectivity index (χ1n) is 8.39. The van der Waals surface area contributed by atoms with E-state index in [0.29, 0.717) is 23.9 Å². The fourth-order valence-corrected chi connectivity index (χ4v) is 2.82. The number of nitrogens with one attached hydrogen (secondary N) is 1. The quantitative estimate of drug-likeness (QED) is 0.620. The molecule has 2 aromatic carbocycles. The van der Waals surface area contributed by atoms with Gasteiger partial charge in [0.25, 0.3) is 0 Å². The summed E-state index contributed by atoms with van der Waals surface area (Å²) in [4.78, 5) is 4.03. The molecule has 0 saturated heterocycles. The second kappa shape index (κ2) is 10.8. The average molecular weight is 404 g/mol. The summed E-state index contributed by atoms with van der Waals surface area (Å²) in [6, 6.07) is 17.6. The molecule has 3 rings (SSSR count). The number of hydrogen-bond donors (Lipinski definition) is 1. The van der Waals surface area contributed by atoms with Crippen LogP contribution in [0.5, 0.6) is 11.5 Å². The van der Waals surface area contributed by atoms with E-state index in [1.54, 1.807) is 19.5 Å². The normalized spacial score (nSPS) is 10.1. The predicted molar refractivity (Wildman–Crippen MR) is 104 cm³/mol. The largest absolute Gasteiger partial charge is 1.00 e. The van der Waals surface area contributed by atoms with Gasteiger partial charge in [-0.1, -0.05) is 41.9 Å². The van der Waals surface area contributed by atoms with Gasteiger partial charge in [0.1, 0.15) is 6.61 Å². The van der Waals surface area contributed by atoms with Crippen LogP contribution in [-0.2, 0) is 19.7 Å². The standard InChI is InChI=1S/C21H21ClN2O2.ClH/c1-25-20-8-4-6-17(14-24-13-16-9-11-23-12-10-16)21(20)26-15-18-5-2-3-7-19(18)22;/h2-12,24H,13-15H2,1H3;1H/p-1. The molecule has 1 N–H and O–H groups in total. The van der Waals surface area contributed by atoms with Crippen LogP contribution in [0.4, 0.5) is 0 Å². The van der Waals surface area contributed by atoms with Crippen molar-refractivity contribution in [2.75, 3.05) is 7.11 Å². The lowest BCUT2D eigenvalue weighted by atomic mass is 10.1. The van der Waals surface area contributed by atoms with E-state index < -0.39 is 0 Å². The van der Waals surface area contributed by atoms with Gasteiger partial charge in [0.2, 0.25) is 0 Å². The number of hydrogen-bond acceptors (Lipinski definition) is 4. The molecule has 0 fully saturated rings. The third-order valence-electron chi connectivity index (χ3n) is 4.00. The number of halogens is 2. The van der Waals surface area contributed by atoms with Crippen molar-refractivity contribution in [3.8, 4) is 11.5 Å². The predicted octanol–water partition coefficient (Wildman–Crippen LogP) is 1.62. The molecule has 0 atom stereocenters. The summed E-state index contributed by atoms with van der Waals surface area (Å²) in [7, 11) is 1.64. The van der Waals surface area contributed by atoms with Gasteiger partial charge in [-0.25, -0.2) is 0 Å². The highest BCUT2D eigenvalue weighted by Gasteiger charge is 2.11. The Morgan fingerprint density at radius 3 is 2.41 bits per heavy atom. The maximum atomic E-state index is 6.23. The zero-order valence-corrected chi connectivity index (χ0v) is 16.5. The summed E-state index contributed by atoms with van der Waals surface area (Å²) < 4.78 is 11.5. The Balaban J connectivity index is 0.00000261. The lowest BCUT2D eigenvalue weighted by molar-refractivity contribution is -0.00000577. The average Bonchev–Trinajstić information content (AvgIpc) is 2.68. The molecule has 6 heteroatoms. The second-order valence-corrected chi connectivity index (χ2v) is 6.19. The number of benzene rings is 2. The molecule has 0 spiro atoms. The van der Waals surface area contributed by atoms with Gasteiger partial charge < -0.3 is 27.2 Å². The fraction of sp³-hybridized carbons (Fsp3) is 0.190. The number of para-hydroxylation sites is 1. The molecule has 0 saturated carbocycles. The molecule has 0 aliphatic rings. The van der Waals surface area contributed by atoms with Crippen LogP contribution < -0.4 is 27.2 Å². The second-order valence-electron chi connectivity index (χ2n) is 5.79. The Hall–Kier alpha value is -2.27. The number of ether oxygens (including phenoxy) is 2. The fourth-order valence-electron chi connectivity index (χ4n) is 2.63. The molecule has 0 bridgehead atoms. The minimum Gasteiger partial charge on any atom is -1.00 e. The number of pyridine rings is 1. The molecule has 0 aliphatic heterocycles. The molecule has 1 heterocycles. The summed E-state index contributed by atoms with van der Waals surface area (Å²) in [5.41, 5.74) is 3.16. The zero-order valence-electron chi connectivity index (χ0n) is 15.0. The highest BCUT2D eigenvalue weighted by molar-refractivity contribution is 6.31. The van der Waals surface area contributed by atoms with Crippen LogP contribution >= 0.6 is 11.6 Å². The minimum atomic E-state index is 0. The summed E-state index contributed by atoms with van der Waals surface area (Å²) in [5, 5.41) is 4.12. The van der Waals surface area contributed by atoms with E-state index in [4.69, 9.17) is 21.1 Å². The molecule has 27 heavy (non-hydrogen) atoms. The van der Waals surface area contributed by atoms with Crippen molar-refractivity contribution in [2.45, 2.75) is 19.7 Å². The molecule has 0 aliphatic carbocycles. The summed E-state index contributed by atoms with van der Waals surface area (Å²) in [6.45, 7) is 1.80. The van der Waals surface area contributed by atoms with Crippen LogP contribution in [0.1, 0.15) is 16.7 Å². The van der Waals surface area contributed by atoms with Gasteiger partial charge in [0.05, 0.1) is 7.11 Å². The van der Waals surface area contributed by atoms with Gasteiger partial charge in [-0.05, 0) is 29.8 Å². The topological polar surface area (TPSA) is 43.4 Å². The lowest BCUT2D eigenvalue weighted by Gasteiger charge is -2.16. The van der Waals surface area contributed by atoms with Crippen LogP contribution in [0.25, 0.3) is 0 Å². The van der Waals surface area contributed by atoms with E-state index in [1.165, 1.54) is 5.56 Å². The molecule has 0 unspecified atom stereocenters. The van der Waals surface area contributed by atoms with Gasteiger partial charge in [0.15, 0.2) is 11.5 Å². The zero-order chi connectivity index (χ0) is 18.2. The maximum absolute atomic E-state index is 6.23. The monoisotopic (exact) mass is 403 g/mol. The number of nitrogens with zero attached hydrogens (tertiary/aromatic N) is 1. The molecule has 142 valence electrons. The maximum Gasteiger partial charge on any atom is 0.166 e. The number of rotatable bonds is 8. The van der Waals surface area contributed by atoms with Crippen LogP contribution in [-0.4, -0.2) is 12.1 Å². The van der Waals surface area contributed by atoms with Crippen molar-refractivity contribution < 1.29 is 21.9 Å². The van der Waals surface area contributed by atoms with Crippen molar-refractivity contribution in [1.29, 1.82) is 0 Å².